The van der Waals surface area contributed by atoms with Gasteiger partial charge in [0, 0.05) is 30.4 Å². The van der Waals surface area contributed by atoms with Gasteiger partial charge in [-0.05, 0) is 37.9 Å². The van der Waals surface area contributed by atoms with Crippen LogP contribution in [-0.4, -0.2) is 50.7 Å². The first kappa shape index (κ1) is 26.1. The van der Waals surface area contributed by atoms with E-state index in [1.165, 1.54) is 19.1 Å². The molecule has 2 rings (SSSR count). The molecule has 0 heterocycles. The Bertz CT molecular complexity index is 978. The smallest absolute Gasteiger partial charge is 0.493 e. The molecule has 0 aromatic heterocycles. The summed E-state index contributed by atoms with van der Waals surface area (Å²) in [6.07, 6.45) is 1.04. The summed E-state index contributed by atoms with van der Waals surface area (Å²) in [6, 6.07) is 2.71. The fraction of sp³-hybridized carbons (Fsp3) is 0.550. The standard InChI is InChI=1S/C20H27F3N2O6S/c1-4-10-25-11-9-18(12-14(26)7-8-19(18,24)27)16-13(2)5-6-15(30-3)17(16)31-32(28,29)20(21,22)23/h4-6,25,27H,1,7-12,24H2,2-3H3. The van der Waals surface area contributed by atoms with Gasteiger partial charge in [-0.25, -0.2) is 0 Å². The van der Waals surface area contributed by atoms with Gasteiger partial charge >= 0.3 is 15.6 Å². The highest BCUT2D eigenvalue weighted by molar-refractivity contribution is 7.88. The van der Waals surface area contributed by atoms with Crippen LogP contribution in [0.1, 0.15) is 36.8 Å². The van der Waals surface area contributed by atoms with E-state index in [-0.39, 0.29) is 54.9 Å². The monoisotopic (exact) mass is 480 g/mol. The Morgan fingerprint density at radius 3 is 2.59 bits per heavy atom. The van der Waals surface area contributed by atoms with Crippen LogP contribution in [0.25, 0.3) is 0 Å². The van der Waals surface area contributed by atoms with Crippen molar-refractivity contribution < 1.29 is 40.4 Å². The van der Waals surface area contributed by atoms with Gasteiger partial charge in [-0.1, -0.05) is 12.1 Å². The fourth-order valence-corrected chi connectivity index (χ4v) is 4.52. The number of ether oxygens (including phenoxy) is 1. The first-order valence-corrected chi connectivity index (χ1v) is 11.2. The summed E-state index contributed by atoms with van der Waals surface area (Å²) in [5, 5.41) is 14.2. The largest absolute Gasteiger partial charge is 0.534 e. The van der Waals surface area contributed by atoms with Gasteiger partial charge in [-0.2, -0.15) is 21.6 Å². The molecule has 1 aliphatic carbocycles. The Kier molecular flexibility index (Phi) is 7.65. The number of nitrogens with two attached hydrogens (primary N) is 1. The lowest BCUT2D eigenvalue weighted by atomic mass is 9.60. The minimum Gasteiger partial charge on any atom is -0.493 e. The Morgan fingerprint density at radius 1 is 1.38 bits per heavy atom. The van der Waals surface area contributed by atoms with Gasteiger partial charge in [0.2, 0.25) is 0 Å². The Labute approximate surface area is 184 Å². The average Bonchev–Trinajstić information content (AvgIpc) is 2.67. The highest BCUT2D eigenvalue weighted by atomic mass is 32.2. The maximum atomic E-state index is 13.1. The van der Waals surface area contributed by atoms with Gasteiger partial charge in [0.25, 0.3) is 0 Å². The fourth-order valence-electron chi connectivity index (χ4n) is 4.05. The Morgan fingerprint density at radius 2 is 2.03 bits per heavy atom. The summed E-state index contributed by atoms with van der Waals surface area (Å²) >= 11 is 0. The van der Waals surface area contributed by atoms with Crippen molar-refractivity contribution in [2.24, 2.45) is 5.73 Å². The van der Waals surface area contributed by atoms with Crippen molar-refractivity contribution in [2.45, 2.75) is 49.3 Å². The summed E-state index contributed by atoms with van der Waals surface area (Å²) in [5.74, 6) is -1.35. The molecule has 0 aliphatic heterocycles. The van der Waals surface area contributed by atoms with Gasteiger partial charge < -0.3 is 25.1 Å². The number of nitrogens with one attached hydrogen (secondary N) is 1. The lowest BCUT2D eigenvalue weighted by Gasteiger charge is -2.49. The number of aryl methyl sites for hydroxylation is 1. The van der Waals surface area contributed by atoms with Gasteiger partial charge in [-0.3, -0.25) is 4.79 Å². The summed E-state index contributed by atoms with van der Waals surface area (Å²) in [5.41, 5.74) is -3.02. The van der Waals surface area contributed by atoms with E-state index in [4.69, 9.17) is 10.5 Å². The van der Waals surface area contributed by atoms with Crippen LogP contribution in [0.4, 0.5) is 13.2 Å². The molecule has 0 radical (unpaired) electrons. The number of hydrogen-bond acceptors (Lipinski definition) is 8. The lowest BCUT2D eigenvalue weighted by Crippen LogP contribution is -2.62. The highest BCUT2D eigenvalue weighted by Gasteiger charge is 2.56. The van der Waals surface area contributed by atoms with E-state index in [1.54, 1.807) is 6.08 Å². The number of rotatable bonds is 9. The van der Waals surface area contributed by atoms with Crippen LogP contribution in [0.3, 0.4) is 0 Å². The first-order chi connectivity index (χ1) is 14.7. The number of alkyl halides is 3. The van der Waals surface area contributed by atoms with Crippen LogP contribution < -0.4 is 20.0 Å². The lowest BCUT2D eigenvalue weighted by molar-refractivity contribution is -0.135. The maximum Gasteiger partial charge on any atom is 0.534 e. The molecular formula is C20H27F3N2O6S. The van der Waals surface area contributed by atoms with E-state index in [1.807, 2.05) is 0 Å². The summed E-state index contributed by atoms with van der Waals surface area (Å²) in [7, 11) is -4.96. The van der Waals surface area contributed by atoms with Crippen molar-refractivity contribution >= 4 is 15.9 Å². The van der Waals surface area contributed by atoms with Gasteiger partial charge in [0.1, 0.15) is 11.5 Å². The zero-order chi connectivity index (χ0) is 24.4. The zero-order valence-electron chi connectivity index (χ0n) is 17.8. The third-order valence-corrected chi connectivity index (χ3v) is 6.59. The molecule has 180 valence electrons. The molecule has 32 heavy (non-hydrogen) atoms. The molecular weight excluding hydrogens is 453 g/mol. The minimum atomic E-state index is -6.08. The van der Waals surface area contributed by atoms with Crippen molar-refractivity contribution in [3.8, 4) is 11.5 Å². The van der Waals surface area contributed by atoms with Gasteiger partial charge in [0.15, 0.2) is 11.5 Å². The minimum absolute atomic E-state index is 0.00396. The summed E-state index contributed by atoms with van der Waals surface area (Å²) < 4.78 is 72.8. The number of aliphatic hydroxyl groups is 1. The van der Waals surface area contributed by atoms with Crippen molar-refractivity contribution in [1.82, 2.24) is 5.32 Å². The Balaban J connectivity index is 2.80. The summed E-state index contributed by atoms with van der Waals surface area (Å²) in [6.45, 7) is 5.65. The van der Waals surface area contributed by atoms with E-state index < -0.39 is 32.5 Å². The third kappa shape index (κ3) is 4.92. The van der Waals surface area contributed by atoms with Crippen LogP contribution in [-0.2, 0) is 20.3 Å². The molecule has 0 amide bonds. The number of benzene rings is 1. The van der Waals surface area contributed by atoms with Crippen LogP contribution in [0.15, 0.2) is 24.8 Å². The molecule has 8 nitrogen and oxygen atoms in total. The molecule has 1 fully saturated rings. The molecule has 1 saturated carbocycles. The highest BCUT2D eigenvalue weighted by Crippen LogP contribution is 2.52. The van der Waals surface area contributed by atoms with Crippen molar-refractivity contribution in [3.05, 3.63) is 35.9 Å². The van der Waals surface area contributed by atoms with Crippen LogP contribution >= 0.6 is 0 Å². The molecule has 0 bridgehead atoms. The third-order valence-electron chi connectivity index (χ3n) is 5.63. The van der Waals surface area contributed by atoms with E-state index in [9.17, 15) is 31.5 Å². The topological polar surface area (TPSA) is 128 Å². The molecule has 1 aromatic carbocycles. The molecule has 4 N–H and O–H groups in total. The summed E-state index contributed by atoms with van der Waals surface area (Å²) in [4.78, 5) is 12.5. The van der Waals surface area contributed by atoms with E-state index in [0.717, 1.165) is 7.11 Å². The van der Waals surface area contributed by atoms with Crippen molar-refractivity contribution in [1.29, 1.82) is 0 Å². The molecule has 2 unspecified atom stereocenters. The maximum absolute atomic E-state index is 13.1. The van der Waals surface area contributed by atoms with Gasteiger partial charge in [0.05, 0.1) is 7.11 Å². The van der Waals surface area contributed by atoms with Crippen molar-refractivity contribution in [2.75, 3.05) is 20.2 Å². The molecule has 12 heteroatoms. The van der Waals surface area contributed by atoms with Crippen LogP contribution in [0.2, 0.25) is 0 Å². The number of ketones is 1. The zero-order valence-corrected chi connectivity index (χ0v) is 18.6. The molecule has 2 atom stereocenters. The molecule has 0 spiro atoms. The van der Waals surface area contributed by atoms with Gasteiger partial charge in [-0.15, -0.1) is 6.58 Å². The number of carbonyl (C=O) groups excluding carboxylic acids is 1. The average molecular weight is 481 g/mol. The normalized spacial score (nSPS) is 24.3. The number of Topliss-reactive ketones (excluding diaryl/α,β-unsaturated/α-hetero) is 1. The first-order valence-electron chi connectivity index (χ1n) is 9.76. The predicted molar refractivity (Wildman–Crippen MR) is 111 cm³/mol. The quantitative estimate of drug-likeness (QED) is 0.161. The Hall–Kier alpha value is -2.15. The molecule has 1 aliphatic rings. The number of halogens is 3. The molecule has 1 aromatic rings. The number of methoxy groups -OCH3 is 1. The van der Waals surface area contributed by atoms with E-state index >= 15 is 0 Å². The second-order valence-electron chi connectivity index (χ2n) is 7.74. The van der Waals surface area contributed by atoms with Crippen LogP contribution in [0.5, 0.6) is 11.5 Å². The van der Waals surface area contributed by atoms with E-state index in [0.29, 0.717) is 6.54 Å². The number of hydrogen-bond donors (Lipinski definition) is 3. The van der Waals surface area contributed by atoms with E-state index in [2.05, 4.69) is 16.1 Å². The van der Waals surface area contributed by atoms with Crippen molar-refractivity contribution in [3.63, 3.8) is 0 Å². The second kappa shape index (κ2) is 9.38. The SMILES string of the molecule is C=CCNCCC1(c2c(C)ccc(OC)c2OS(=O)(=O)C(F)(F)F)CC(=O)CCC1(N)O. The number of carbonyl (C=O) groups is 1. The van der Waals surface area contributed by atoms with Crippen LogP contribution in [0, 0.1) is 6.92 Å². The second-order valence-corrected chi connectivity index (χ2v) is 9.27. The molecule has 0 saturated heterocycles. The predicted octanol–water partition coefficient (Wildman–Crippen LogP) is 2.04.